The van der Waals surface area contributed by atoms with Crippen LogP contribution in [0.3, 0.4) is 0 Å². The fraction of sp³-hybridized carbons (Fsp3) is 0.364. The highest BCUT2D eigenvalue weighted by Gasteiger charge is 2.55. The number of hydrogen-bond acceptors (Lipinski definition) is 8. The van der Waals surface area contributed by atoms with E-state index < -0.39 is 63.0 Å². The van der Waals surface area contributed by atoms with Gasteiger partial charge in [-0.05, 0) is 13.0 Å². The summed E-state index contributed by atoms with van der Waals surface area (Å²) >= 11 is 0. The van der Waals surface area contributed by atoms with Gasteiger partial charge in [0.15, 0.2) is 11.5 Å². The van der Waals surface area contributed by atoms with E-state index in [1.165, 1.54) is 32.0 Å². The number of ether oxygens (including phenoxy) is 1. The molecule has 32 heavy (non-hydrogen) atoms. The monoisotopic (exact) mass is 440 g/mol. The van der Waals surface area contributed by atoms with Crippen molar-refractivity contribution in [1.29, 1.82) is 0 Å². The van der Waals surface area contributed by atoms with Gasteiger partial charge in [-0.3, -0.25) is 14.4 Å². The molecule has 1 aromatic rings. The third kappa shape index (κ3) is 2.68. The van der Waals surface area contributed by atoms with Crippen LogP contribution in [0.25, 0.3) is 16.3 Å². The lowest BCUT2D eigenvalue weighted by Gasteiger charge is -2.42. The van der Waals surface area contributed by atoms with Crippen LogP contribution < -0.4 is 16.2 Å². The number of phenols is 1. The minimum absolute atomic E-state index is 0.144. The minimum Gasteiger partial charge on any atom is -0.507 e. The Morgan fingerprint density at radius 3 is 2.41 bits per heavy atom. The lowest BCUT2D eigenvalue weighted by molar-refractivity contribution is -0.206. The van der Waals surface area contributed by atoms with E-state index in [0.29, 0.717) is 0 Å². The van der Waals surface area contributed by atoms with Gasteiger partial charge in [0.2, 0.25) is 5.43 Å². The Kier molecular flexibility index (Phi) is 4.80. The number of aliphatic hydroxyl groups excluding tert-OH is 2. The van der Waals surface area contributed by atoms with Gasteiger partial charge in [-0.1, -0.05) is 26.0 Å². The lowest BCUT2D eigenvalue weighted by Crippen LogP contribution is -2.54. The second-order valence-electron chi connectivity index (χ2n) is 8.47. The smallest absolute Gasteiger partial charge is 0.334 e. The van der Waals surface area contributed by atoms with Gasteiger partial charge < -0.3 is 30.7 Å². The van der Waals surface area contributed by atoms with Crippen LogP contribution >= 0.6 is 0 Å². The van der Waals surface area contributed by atoms with Gasteiger partial charge in [-0.15, -0.1) is 0 Å². The van der Waals surface area contributed by atoms with E-state index in [-0.39, 0.29) is 27.1 Å². The van der Waals surface area contributed by atoms with Gasteiger partial charge in [0.05, 0.1) is 16.9 Å². The molecule has 0 fully saturated rings. The predicted molar refractivity (Wildman–Crippen MR) is 108 cm³/mol. The number of fused-ring (bicyclic) bond motifs is 3. The maximum Gasteiger partial charge on any atom is 0.334 e. The van der Waals surface area contributed by atoms with Crippen LogP contribution in [0.4, 0.5) is 0 Å². The first-order valence-electron chi connectivity index (χ1n) is 9.86. The molecule has 0 bridgehead atoms. The van der Waals surface area contributed by atoms with Crippen molar-refractivity contribution in [2.24, 2.45) is 5.92 Å². The van der Waals surface area contributed by atoms with Crippen LogP contribution in [-0.4, -0.2) is 42.9 Å². The Hall–Kier alpha value is -3.43. The number of phenolic OH excluding ortho intramolecular Hbond substituents is 1. The number of carbonyl (C=O) groups excluding carboxylic acids is 1. The highest BCUT2D eigenvalue weighted by Crippen LogP contribution is 2.44. The fourth-order valence-electron chi connectivity index (χ4n) is 4.37. The Bertz CT molecular complexity index is 1530. The highest BCUT2D eigenvalue weighted by atomic mass is 16.6. The molecular formula is C22H20N2O8. The van der Waals surface area contributed by atoms with Gasteiger partial charge in [-0.2, -0.15) is 4.79 Å². The first-order chi connectivity index (χ1) is 14.9. The molecule has 0 saturated heterocycles. The van der Waals surface area contributed by atoms with E-state index in [1.807, 2.05) is 0 Å². The normalized spacial score (nSPS) is 25.2. The van der Waals surface area contributed by atoms with Gasteiger partial charge in [0.1, 0.15) is 28.8 Å². The Balaban J connectivity index is 2.28. The molecule has 4 N–H and O–H groups in total. The fourth-order valence-corrected chi connectivity index (χ4v) is 4.37. The number of aromatic hydroxyl groups is 1. The topological polar surface area (TPSA) is 178 Å². The van der Waals surface area contributed by atoms with Gasteiger partial charge in [0.25, 0.3) is 0 Å². The van der Waals surface area contributed by atoms with Crippen LogP contribution in [0.15, 0.2) is 27.8 Å². The number of esters is 1. The molecule has 1 aromatic carbocycles. The number of hydrogen-bond donors (Lipinski definition) is 4. The van der Waals surface area contributed by atoms with Crippen LogP contribution in [0, 0.1) is 16.4 Å². The van der Waals surface area contributed by atoms with E-state index >= 15 is 0 Å². The largest absolute Gasteiger partial charge is 0.507 e. The molecule has 166 valence electrons. The summed E-state index contributed by atoms with van der Waals surface area (Å²) < 4.78 is 5.40. The van der Waals surface area contributed by atoms with Crippen molar-refractivity contribution in [3.05, 3.63) is 71.1 Å². The van der Waals surface area contributed by atoms with Crippen LogP contribution in [0.2, 0.25) is 0 Å². The molecule has 10 nitrogen and oxygen atoms in total. The number of aliphatic hydroxyl groups is 3. The first-order valence-corrected chi connectivity index (χ1v) is 9.86. The molecule has 0 spiro atoms. The molecule has 0 amide bonds. The van der Waals surface area contributed by atoms with Crippen molar-refractivity contribution in [2.45, 2.75) is 44.7 Å². The molecule has 0 aliphatic heterocycles. The van der Waals surface area contributed by atoms with Crippen LogP contribution in [0.1, 0.15) is 44.1 Å². The minimum atomic E-state index is -2.26. The first kappa shape index (κ1) is 21.8. The molecule has 4 rings (SSSR count). The Morgan fingerprint density at radius 2 is 1.81 bits per heavy atom. The van der Waals surface area contributed by atoms with Crippen molar-refractivity contribution in [1.82, 2.24) is 0 Å². The van der Waals surface area contributed by atoms with Gasteiger partial charge >= 0.3 is 11.3 Å². The third-order valence-corrected chi connectivity index (χ3v) is 6.06. The highest BCUT2D eigenvalue weighted by molar-refractivity contribution is 5.88. The van der Waals surface area contributed by atoms with E-state index in [2.05, 4.69) is 4.79 Å². The summed E-state index contributed by atoms with van der Waals surface area (Å²) in [6.45, 7) is 4.18. The van der Waals surface area contributed by atoms with Crippen molar-refractivity contribution in [3.8, 4) is 5.75 Å². The SMILES string of the molecule is CC(C)C(=O)O[C@@H]1c2c(c3c(=O)c4cccc(O)c4c(=O)c=3c2=[N+]=[N-])[C@H](O)[C@@H](O)[C@]1(C)O. The second kappa shape index (κ2) is 7.04. The molecule has 3 aliphatic carbocycles. The van der Waals surface area contributed by atoms with E-state index in [4.69, 9.17) is 4.74 Å². The third-order valence-electron chi connectivity index (χ3n) is 6.06. The number of nitrogens with zero attached hydrogens (tertiary/aromatic N) is 2. The Morgan fingerprint density at radius 1 is 1.16 bits per heavy atom. The summed E-state index contributed by atoms with van der Waals surface area (Å²) in [5, 5.41) is 40.9. The molecule has 10 heteroatoms. The summed E-state index contributed by atoms with van der Waals surface area (Å²) in [6.07, 6.45) is -5.44. The zero-order valence-electron chi connectivity index (χ0n) is 17.4. The lowest BCUT2D eigenvalue weighted by atomic mass is 9.76. The molecule has 0 saturated carbocycles. The van der Waals surface area contributed by atoms with Crippen molar-refractivity contribution in [3.63, 3.8) is 0 Å². The van der Waals surface area contributed by atoms with Crippen molar-refractivity contribution in [2.75, 3.05) is 0 Å². The van der Waals surface area contributed by atoms with E-state index in [9.17, 15) is 40.3 Å². The quantitative estimate of drug-likeness (QED) is 0.232. The van der Waals surface area contributed by atoms with Crippen LogP contribution in [0.5, 0.6) is 5.75 Å². The number of rotatable bonds is 2. The number of benzene rings is 1. The van der Waals surface area contributed by atoms with Crippen molar-refractivity contribution < 1.29 is 34.7 Å². The molecule has 0 radical (unpaired) electrons. The molecule has 0 unspecified atom stereocenters. The molecule has 4 atom stereocenters. The summed E-state index contributed by atoms with van der Waals surface area (Å²) in [5.74, 6) is -1.88. The van der Waals surface area contributed by atoms with E-state index in [0.717, 1.165) is 6.92 Å². The van der Waals surface area contributed by atoms with Crippen LogP contribution in [-0.2, 0) is 9.53 Å². The molecule has 3 aliphatic rings. The van der Waals surface area contributed by atoms with Gasteiger partial charge in [-0.25, -0.2) is 0 Å². The molecule has 0 heterocycles. The Labute approximate surface area is 179 Å². The summed E-state index contributed by atoms with van der Waals surface area (Å²) in [4.78, 5) is 42.0. The average Bonchev–Trinajstić information content (AvgIpc) is 3.08. The summed E-state index contributed by atoms with van der Waals surface area (Å²) in [7, 11) is 0. The molecular weight excluding hydrogens is 420 g/mol. The standard InChI is InChI=1S/C22H20N2O8/c1-7(2)21(30)32-20-14-12(18(28)19(29)22(20,3)31)11-13(15(14)24-23)17(27)10-8(16(11)26)5-4-6-9(10)25/h4-7,18-20,25,28-29,31H,1-3H3/t18-,19+,20+,22-/m0/s1. The number of carbonyl (C=O) groups is 1. The average molecular weight is 440 g/mol. The predicted octanol–water partition coefficient (Wildman–Crippen LogP) is -0.604. The second-order valence-corrected chi connectivity index (χ2v) is 8.47. The maximum absolute atomic E-state index is 13.3. The summed E-state index contributed by atoms with van der Waals surface area (Å²) in [6, 6.07) is 3.88. The zero-order valence-corrected chi connectivity index (χ0v) is 17.4. The molecule has 0 aromatic heterocycles. The van der Waals surface area contributed by atoms with Gasteiger partial charge in [0, 0.05) is 16.2 Å². The zero-order chi connectivity index (χ0) is 23.7. The maximum atomic E-state index is 13.3. The van der Waals surface area contributed by atoms with E-state index in [1.54, 1.807) is 0 Å². The van der Waals surface area contributed by atoms with Crippen molar-refractivity contribution >= 4 is 16.7 Å². The summed E-state index contributed by atoms with van der Waals surface area (Å²) in [5.41, 5.74) is 5.36.